The van der Waals surface area contributed by atoms with Crippen molar-refractivity contribution in [2.75, 3.05) is 63.0 Å². The summed E-state index contributed by atoms with van der Waals surface area (Å²) in [6.45, 7) is -2.69. The van der Waals surface area contributed by atoms with Crippen LogP contribution in [-0.2, 0) is 9.59 Å². The van der Waals surface area contributed by atoms with Crippen LogP contribution in [0.2, 0.25) is 0 Å². The van der Waals surface area contributed by atoms with Gasteiger partial charge in [-0.05, 0) is 136 Å². The summed E-state index contributed by atoms with van der Waals surface area (Å²) in [5.41, 5.74) is -0.598. The van der Waals surface area contributed by atoms with Crippen molar-refractivity contribution >= 4 is 182 Å². The summed E-state index contributed by atoms with van der Waals surface area (Å²) in [7, 11) is 1.43. The summed E-state index contributed by atoms with van der Waals surface area (Å²) < 4.78 is 0.600. The zero-order chi connectivity index (χ0) is 44.5. The van der Waals surface area contributed by atoms with Crippen molar-refractivity contribution in [2.45, 2.75) is 44.2 Å². The van der Waals surface area contributed by atoms with E-state index >= 15 is 0 Å². The van der Waals surface area contributed by atoms with Crippen molar-refractivity contribution in [2.24, 2.45) is 0 Å². The third-order valence-electron chi connectivity index (χ3n) is 8.35. The predicted octanol–water partition coefficient (Wildman–Crippen LogP) is -0.496. The topological polar surface area (TPSA) is 307 Å². The molecule has 0 aromatic heterocycles. The molecule has 5 unspecified atom stereocenters. The van der Waals surface area contributed by atoms with Crippen LogP contribution in [0, 0.1) is 21.4 Å². The van der Waals surface area contributed by atoms with Gasteiger partial charge in [-0.3, -0.25) is 28.8 Å². The number of hydrogen-bond acceptors (Lipinski definition) is 14. The van der Waals surface area contributed by atoms with E-state index in [1.165, 1.54) is 18.9 Å². The Hall–Kier alpha value is -0.480. The van der Waals surface area contributed by atoms with Crippen LogP contribution in [-0.4, -0.2) is 160 Å². The Morgan fingerprint density at radius 1 is 0.552 bits per heavy atom. The standard InChI is InChI=1S/C33H39I6N5O14/c1-11(50)43(3)29-25(36)19(23(34)20(26(29)37)31(56)40-4-13(52)6-45)16(53)5-44(12(2)51)30-27(38)21(32(57)41-14(7-46)17(54)9-48)24(35)22(28(30)39)33(58)42-15(8-47)18(55)10-49/h13-15,17-18,45-49,52,54-55H,4-10H2,1-3H3,(H,40,56)(H,41,57)(H,42,58). The number of halogens is 6. The Kier molecular flexibility index (Phi) is 22.6. The Bertz CT molecular complexity index is 1870. The molecular formula is C33H39I6N5O14. The predicted molar refractivity (Wildman–Crippen MR) is 259 cm³/mol. The quantitative estimate of drug-likeness (QED) is 0.0625. The fraction of sp³-hybridized carbons (Fsp3) is 0.455. The summed E-state index contributed by atoms with van der Waals surface area (Å²) in [4.78, 5) is 84.5. The molecule has 0 aliphatic rings. The van der Waals surface area contributed by atoms with E-state index < -0.39 is 105 Å². The third-order valence-corrected chi connectivity index (χ3v) is 14.7. The van der Waals surface area contributed by atoms with Gasteiger partial charge in [-0.25, -0.2) is 0 Å². The number of Topliss-reactive ketones (excluding diaryl/α,β-unsaturated/α-hetero) is 1. The molecule has 0 heterocycles. The lowest BCUT2D eigenvalue weighted by Crippen LogP contribution is -2.49. The summed E-state index contributed by atoms with van der Waals surface area (Å²) in [6.07, 6.45) is -4.51. The molecule has 0 fully saturated rings. The van der Waals surface area contributed by atoms with Gasteiger partial charge in [-0.15, -0.1) is 0 Å². The van der Waals surface area contributed by atoms with Crippen molar-refractivity contribution in [3.63, 3.8) is 0 Å². The van der Waals surface area contributed by atoms with Gasteiger partial charge in [0.15, 0.2) is 5.78 Å². The minimum absolute atomic E-state index is 0.0132. The van der Waals surface area contributed by atoms with Gasteiger partial charge in [0.25, 0.3) is 17.7 Å². The molecular weight excluding hydrogens is 1450 g/mol. The van der Waals surface area contributed by atoms with Crippen molar-refractivity contribution in [1.29, 1.82) is 0 Å². The van der Waals surface area contributed by atoms with Gasteiger partial charge in [-0.2, -0.15) is 0 Å². The maximum absolute atomic E-state index is 14.6. The fourth-order valence-electron chi connectivity index (χ4n) is 5.03. The smallest absolute Gasteiger partial charge is 0.253 e. The number of ketones is 1. The summed E-state index contributed by atoms with van der Waals surface area (Å²) in [6, 6.07) is -2.78. The number of nitrogens with zero attached hydrogens (tertiary/aromatic N) is 2. The molecule has 2 aromatic rings. The zero-order valence-electron chi connectivity index (χ0n) is 30.5. The molecule has 5 atom stereocenters. The van der Waals surface area contributed by atoms with Crippen molar-refractivity contribution in [3.8, 4) is 0 Å². The minimum atomic E-state index is -1.61. The lowest BCUT2D eigenvalue weighted by molar-refractivity contribution is -0.117. The molecule has 58 heavy (non-hydrogen) atoms. The lowest BCUT2D eigenvalue weighted by atomic mass is 10.0. The molecule has 19 nitrogen and oxygen atoms in total. The van der Waals surface area contributed by atoms with Crippen LogP contribution in [0.15, 0.2) is 0 Å². The number of rotatable bonds is 19. The number of carbonyl (C=O) groups excluding carboxylic acids is 6. The number of carbonyl (C=O) groups is 6. The van der Waals surface area contributed by atoms with E-state index in [1.54, 1.807) is 90.4 Å². The van der Waals surface area contributed by atoms with Gasteiger partial charge in [0.05, 0.1) is 109 Å². The van der Waals surface area contributed by atoms with E-state index in [0.29, 0.717) is 0 Å². The highest BCUT2D eigenvalue weighted by atomic mass is 127. The van der Waals surface area contributed by atoms with Crippen LogP contribution in [0.1, 0.15) is 55.3 Å². The highest BCUT2D eigenvalue weighted by Crippen LogP contribution is 2.41. The second-order valence-corrected chi connectivity index (χ2v) is 18.7. The van der Waals surface area contributed by atoms with Gasteiger partial charge in [0, 0.05) is 43.7 Å². The lowest BCUT2D eigenvalue weighted by Gasteiger charge is -2.29. The Morgan fingerprint density at radius 3 is 1.33 bits per heavy atom. The first-order valence-corrected chi connectivity index (χ1v) is 23.0. The molecule has 5 amide bonds. The molecule has 0 bridgehead atoms. The van der Waals surface area contributed by atoms with Crippen LogP contribution in [0.5, 0.6) is 0 Å². The van der Waals surface area contributed by atoms with E-state index in [9.17, 15) is 69.6 Å². The molecule has 322 valence electrons. The number of benzene rings is 2. The molecule has 0 saturated heterocycles. The molecule has 0 saturated carbocycles. The molecule has 0 aliphatic heterocycles. The molecule has 25 heteroatoms. The Morgan fingerprint density at radius 2 is 0.948 bits per heavy atom. The fourth-order valence-corrected chi connectivity index (χ4v) is 14.7. The summed E-state index contributed by atoms with van der Waals surface area (Å²) in [5.74, 6) is -4.67. The van der Waals surface area contributed by atoms with Crippen LogP contribution in [0.25, 0.3) is 0 Å². The molecule has 2 aromatic carbocycles. The summed E-state index contributed by atoms with van der Waals surface area (Å²) in [5, 5.41) is 85.5. The van der Waals surface area contributed by atoms with E-state index in [2.05, 4.69) is 16.0 Å². The first kappa shape index (κ1) is 53.7. The highest BCUT2D eigenvalue weighted by molar-refractivity contribution is 14.1. The monoisotopic (exact) mass is 1490 g/mol. The van der Waals surface area contributed by atoms with Gasteiger partial charge in [0.2, 0.25) is 11.8 Å². The third kappa shape index (κ3) is 12.6. The van der Waals surface area contributed by atoms with Gasteiger partial charge >= 0.3 is 0 Å². The van der Waals surface area contributed by atoms with Crippen LogP contribution in [0.3, 0.4) is 0 Å². The maximum atomic E-state index is 14.6. The number of nitrogens with one attached hydrogen (secondary N) is 3. The van der Waals surface area contributed by atoms with E-state index in [4.69, 9.17) is 0 Å². The van der Waals surface area contributed by atoms with Crippen LogP contribution >= 0.6 is 136 Å². The molecule has 2 rings (SSSR count). The van der Waals surface area contributed by atoms with Gasteiger partial charge in [0.1, 0.15) is 0 Å². The number of hydrogen-bond donors (Lipinski definition) is 11. The second-order valence-electron chi connectivity index (χ2n) is 12.3. The van der Waals surface area contributed by atoms with Crippen molar-refractivity contribution < 1.29 is 69.6 Å². The maximum Gasteiger partial charge on any atom is 0.253 e. The number of aliphatic hydroxyl groups excluding tert-OH is 8. The van der Waals surface area contributed by atoms with E-state index in [0.717, 1.165) is 11.8 Å². The molecule has 0 radical (unpaired) electrons. The van der Waals surface area contributed by atoms with E-state index in [-0.39, 0.29) is 61.6 Å². The molecule has 0 spiro atoms. The SMILES string of the molecule is CC(=O)N(C)c1c(I)c(C(=O)CN(C(C)=O)c2c(I)c(C(=O)NC(CO)C(O)CO)c(I)c(C(=O)NC(CO)C(O)CO)c2I)c(I)c(C(=O)NCC(O)CO)c1I. The number of aliphatic hydroxyl groups is 8. The van der Waals surface area contributed by atoms with Crippen molar-refractivity contribution in [1.82, 2.24) is 16.0 Å². The van der Waals surface area contributed by atoms with Crippen LogP contribution < -0.4 is 25.8 Å². The first-order chi connectivity index (χ1) is 27.1. The van der Waals surface area contributed by atoms with Gasteiger partial charge < -0.3 is 66.6 Å². The first-order valence-electron chi connectivity index (χ1n) is 16.5. The molecule has 0 aliphatic carbocycles. The Labute approximate surface area is 413 Å². The number of anilines is 2. The molecule has 11 N–H and O–H groups in total. The largest absolute Gasteiger partial charge is 0.394 e. The average molecular weight is 1490 g/mol. The highest BCUT2D eigenvalue weighted by Gasteiger charge is 2.36. The van der Waals surface area contributed by atoms with Crippen molar-refractivity contribution in [3.05, 3.63) is 43.7 Å². The zero-order valence-corrected chi connectivity index (χ0v) is 43.5. The van der Waals surface area contributed by atoms with Gasteiger partial charge in [-0.1, -0.05) is 0 Å². The average Bonchev–Trinajstić information content (AvgIpc) is 3.16. The Balaban J connectivity index is 3.01. The minimum Gasteiger partial charge on any atom is -0.394 e. The second kappa shape index (κ2) is 24.4. The summed E-state index contributed by atoms with van der Waals surface area (Å²) >= 11 is 10.6. The van der Waals surface area contributed by atoms with E-state index in [1.807, 2.05) is 45.2 Å². The normalized spacial score (nSPS) is 13.8. The van der Waals surface area contributed by atoms with Crippen LogP contribution in [0.4, 0.5) is 11.4 Å². The number of amides is 5.